The first-order valence-corrected chi connectivity index (χ1v) is 3.82. The van der Waals surface area contributed by atoms with Gasteiger partial charge in [-0.3, -0.25) is 0 Å². The van der Waals surface area contributed by atoms with Gasteiger partial charge >= 0.3 is 0 Å². The van der Waals surface area contributed by atoms with Gasteiger partial charge in [0.2, 0.25) is 0 Å². The predicted molar refractivity (Wildman–Crippen MR) is 45.7 cm³/mol. The van der Waals surface area contributed by atoms with E-state index in [1.165, 1.54) is 29.1 Å². The average molecular weight is 193 g/mol. The fourth-order valence-electron chi connectivity index (χ4n) is 1.09. The first-order valence-electron chi connectivity index (χ1n) is 3.82. The minimum absolute atomic E-state index is 0.0570. The molecule has 0 aliphatic heterocycles. The van der Waals surface area contributed by atoms with Crippen LogP contribution in [0.4, 0.5) is 4.39 Å². The minimum atomic E-state index is -0.915. The molecule has 5 heteroatoms. The van der Waals surface area contributed by atoms with Gasteiger partial charge in [0.25, 0.3) is 0 Å². The first-order chi connectivity index (χ1) is 6.70. The second kappa shape index (κ2) is 3.02. The zero-order valence-corrected chi connectivity index (χ0v) is 6.98. The fourth-order valence-corrected chi connectivity index (χ4v) is 1.09. The van der Waals surface area contributed by atoms with Crippen molar-refractivity contribution < 1.29 is 14.6 Å². The number of hydrogen-bond donors (Lipinski definition) is 2. The third-order valence-corrected chi connectivity index (χ3v) is 1.78. The van der Waals surface area contributed by atoms with Crippen LogP contribution in [-0.2, 0) is 0 Å². The van der Waals surface area contributed by atoms with E-state index in [4.69, 9.17) is 10.2 Å². The molecule has 71 valence electrons. The molecule has 0 unspecified atom stereocenters. The smallest absolute Gasteiger partial charge is 0.196 e. The average Bonchev–Trinajstić information content (AvgIpc) is 2.67. The Morgan fingerprint density at radius 2 is 2.14 bits per heavy atom. The molecule has 0 atom stereocenters. The normalized spacial score (nSPS) is 10.4. The summed E-state index contributed by atoms with van der Waals surface area (Å²) in [5.74, 6) is -2.19. The van der Waals surface area contributed by atoms with Gasteiger partial charge in [-0.1, -0.05) is 0 Å². The molecule has 0 spiro atoms. The van der Waals surface area contributed by atoms with Crippen LogP contribution in [0.3, 0.4) is 0 Å². The highest BCUT2D eigenvalue weighted by molar-refractivity contribution is 5.48. The van der Waals surface area contributed by atoms with Gasteiger partial charge in [-0.2, -0.15) is 5.10 Å². The number of nitrogens with zero attached hydrogens (tertiary/aromatic N) is 2. The van der Waals surface area contributed by atoms with E-state index in [0.29, 0.717) is 0 Å². The Hall–Kier alpha value is -2.04. The number of aromatic hydroxyl groups is 2. The molecular weight excluding hydrogens is 187 g/mol. The van der Waals surface area contributed by atoms with Gasteiger partial charge in [0.1, 0.15) is 11.9 Å². The van der Waals surface area contributed by atoms with Crippen molar-refractivity contribution in [2.24, 2.45) is 0 Å². The molecule has 1 aromatic carbocycles. The summed E-state index contributed by atoms with van der Waals surface area (Å²) in [6.45, 7) is 0. The third-order valence-electron chi connectivity index (χ3n) is 1.78. The highest BCUT2D eigenvalue weighted by Gasteiger charge is 2.13. The van der Waals surface area contributed by atoms with E-state index in [1.54, 1.807) is 0 Å². The molecule has 2 rings (SSSR count). The molecule has 2 aromatic rings. The molecule has 0 aliphatic carbocycles. The molecule has 0 amide bonds. The molecule has 1 radical (unpaired) electrons. The van der Waals surface area contributed by atoms with Crippen LogP contribution < -0.4 is 0 Å². The Balaban J connectivity index is 2.61. The van der Waals surface area contributed by atoms with Crippen LogP contribution in [0.5, 0.6) is 11.5 Å². The standard InChI is InChI=1S/C9H6FN2O2/c10-8-6(12-5-1-4-11-12)2-3-7(13)9(8)14/h1-3,5,13-14H. The number of hydrogen-bond acceptors (Lipinski definition) is 3. The van der Waals surface area contributed by atoms with Crippen molar-refractivity contribution in [1.82, 2.24) is 9.78 Å². The Kier molecular flexibility index (Phi) is 1.85. The number of phenolic OH excluding ortho intramolecular Hbond substituents is 2. The molecule has 0 bridgehead atoms. The van der Waals surface area contributed by atoms with Crippen LogP contribution in [-0.4, -0.2) is 20.0 Å². The number of halogens is 1. The zero-order valence-electron chi connectivity index (χ0n) is 6.98. The Bertz CT molecular complexity index is 454. The summed E-state index contributed by atoms with van der Waals surface area (Å²) in [7, 11) is 0. The molecule has 0 saturated carbocycles. The fraction of sp³-hybridized carbons (Fsp3) is 0. The predicted octanol–water partition coefficient (Wildman–Crippen LogP) is 1.22. The van der Waals surface area contributed by atoms with Crippen molar-refractivity contribution >= 4 is 0 Å². The van der Waals surface area contributed by atoms with E-state index >= 15 is 0 Å². The summed E-state index contributed by atoms with van der Waals surface area (Å²) in [6.07, 6.45) is 3.97. The summed E-state index contributed by atoms with van der Waals surface area (Å²) < 4.78 is 14.5. The van der Waals surface area contributed by atoms with Gasteiger partial charge in [0, 0.05) is 6.20 Å². The van der Waals surface area contributed by atoms with Gasteiger partial charge in [-0.15, -0.1) is 0 Å². The highest BCUT2D eigenvalue weighted by atomic mass is 19.1. The molecule has 1 aromatic heterocycles. The van der Waals surface area contributed by atoms with Crippen molar-refractivity contribution in [2.45, 2.75) is 0 Å². The van der Waals surface area contributed by atoms with E-state index in [2.05, 4.69) is 11.3 Å². The Morgan fingerprint density at radius 3 is 2.79 bits per heavy atom. The molecule has 0 fully saturated rings. The lowest BCUT2D eigenvalue weighted by Gasteiger charge is -2.05. The van der Waals surface area contributed by atoms with Gasteiger partial charge in [-0.25, -0.2) is 9.07 Å². The van der Waals surface area contributed by atoms with Gasteiger partial charge < -0.3 is 10.2 Å². The van der Waals surface area contributed by atoms with Crippen LogP contribution in [0.2, 0.25) is 0 Å². The number of aromatic nitrogens is 2. The summed E-state index contributed by atoms with van der Waals surface area (Å²) in [4.78, 5) is 0. The second-order valence-corrected chi connectivity index (χ2v) is 2.66. The van der Waals surface area contributed by atoms with Gasteiger partial charge in [-0.05, 0) is 18.2 Å². The summed E-state index contributed by atoms with van der Waals surface area (Å²) >= 11 is 0. The lowest BCUT2D eigenvalue weighted by Crippen LogP contribution is -1.97. The van der Waals surface area contributed by atoms with E-state index in [-0.39, 0.29) is 5.69 Å². The van der Waals surface area contributed by atoms with E-state index in [1.807, 2.05) is 0 Å². The Labute approximate surface area is 78.8 Å². The third kappa shape index (κ3) is 1.19. The van der Waals surface area contributed by atoms with Crippen molar-refractivity contribution in [3.05, 3.63) is 36.4 Å². The van der Waals surface area contributed by atoms with Crippen LogP contribution in [0.1, 0.15) is 0 Å². The van der Waals surface area contributed by atoms with E-state index in [9.17, 15) is 4.39 Å². The number of benzene rings is 1. The summed E-state index contributed by atoms with van der Waals surface area (Å²) in [5.41, 5.74) is 0.0570. The SMILES string of the molecule is Oc1ccc(-n2cc[c]n2)c(F)c1O. The quantitative estimate of drug-likeness (QED) is 0.669. The van der Waals surface area contributed by atoms with Crippen molar-refractivity contribution in [3.8, 4) is 17.2 Å². The molecule has 14 heavy (non-hydrogen) atoms. The van der Waals surface area contributed by atoms with Crippen LogP contribution in [0.25, 0.3) is 5.69 Å². The second-order valence-electron chi connectivity index (χ2n) is 2.66. The molecule has 1 heterocycles. The maximum atomic E-state index is 13.3. The molecular formula is C9H6FN2O2. The van der Waals surface area contributed by atoms with Crippen molar-refractivity contribution in [3.63, 3.8) is 0 Å². The van der Waals surface area contributed by atoms with Crippen LogP contribution >= 0.6 is 0 Å². The maximum absolute atomic E-state index is 13.3. The molecule has 0 saturated heterocycles. The first kappa shape index (κ1) is 8.55. The lowest BCUT2D eigenvalue weighted by atomic mass is 10.2. The summed E-state index contributed by atoms with van der Waals surface area (Å²) in [5, 5.41) is 21.8. The zero-order chi connectivity index (χ0) is 10.1. The lowest BCUT2D eigenvalue weighted by molar-refractivity contribution is 0.377. The Morgan fingerprint density at radius 1 is 1.36 bits per heavy atom. The minimum Gasteiger partial charge on any atom is -0.504 e. The van der Waals surface area contributed by atoms with Crippen LogP contribution in [0, 0.1) is 12.0 Å². The topological polar surface area (TPSA) is 58.3 Å². The molecule has 0 aliphatic rings. The van der Waals surface area contributed by atoms with Crippen molar-refractivity contribution in [2.75, 3.05) is 0 Å². The van der Waals surface area contributed by atoms with E-state index in [0.717, 1.165) is 0 Å². The van der Waals surface area contributed by atoms with Crippen molar-refractivity contribution in [1.29, 1.82) is 0 Å². The molecule has 2 N–H and O–H groups in total. The van der Waals surface area contributed by atoms with Gasteiger partial charge in [0.15, 0.2) is 17.3 Å². The monoisotopic (exact) mass is 193 g/mol. The van der Waals surface area contributed by atoms with Gasteiger partial charge in [0.05, 0.1) is 0 Å². The highest BCUT2D eigenvalue weighted by Crippen LogP contribution is 2.30. The number of phenols is 2. The number of rotatable bonds is 1. The summed E-state index contributed by atoms with van der Waals surface area (Å²) in [6, 6.07) is 4.00. The largest absolute Gasteiger partial charge is 0.504 e. The van der Waals surface area contributed by atoms with E-state index < -0.39 is 17.3 Å². The maximum Gasteiger partial charge on any atom is 0.196 e. The van der Waals surface area contributed by atoms with Crippen LogP contribution in [0.15, 0.2) is 24.4 Å². The molecule has 4 nitrogen and oxygen atoms in total.